The van der Waals surface area contributed by atoms with Crippen LogP contribution in [0.2, 0.25) is 5.02 Å². The summed E-state index contributed by atoms with van der Waals surface area (Å²) in [6, 6.07) is 15.2. The predicted octanol–water partition coefficient (Wildman–Crippen LogP) is 4.02. The number of benzene rings is 2. The number of anilines is 1. The molecule has 0 aliphatic heterocycles. The van der Waals surface area contributed by atoms with Gasteiger partial charge in [-0.3, -0.25) is 9.69 Å². The van der Waals surface area contributed by atoms with E-state index >= 15 is 0 Å². The molecule has 3 aromatic rings. The number of nitrogens with one attached hydrogen (secondary N) is 1. The summed E-state index contributed by atoms with van der Waals surface area (Å²) < 4.78 is 1.17. The quantitative estimate of drug-likeness (QED) is 0.759. The van der Waals surface area contributed by atoms with Crippen LogP contribution in [0.1, 0.15) is 5.01 Å². The van der Waals surface area contributed by atoms with Crippen molar-refractivity contribution in [1.29, 1.82) is 0 Å². The second kappa shape index (κ2) is 7.08. The molecule has 118 valence electrons. The van der Waals surface area contributed by atoms with Crippen LogP contribution in [0.15, 0.2) is 48.5 Å². The van der Waals surface area contributed by atoms with E-state index in [9.17, 15) is 4.79 Å². The van der Waals surface area contributed by atoms with Crippen LogP contribution in [-0.2, 0) is 11.3 Å². The van der Waals surface area contributed by atoms with Crippen molar-refractivity contribution in [2.75, 3.05) is 18.9 Å². The van der Waals surface area contributed by atoms with E-state index in [1.165, 1.54) is 4.70 Å². The van der Waals surface area contributed by atoms with Crippen LogP contribution in [-0.4, -0.2) is 29.4 Å². The molecule has 0 spiro atoms. The zero-order chi connectivity index (χ0) is 16.2. The molecule has 0 atom stereocenters. The van der Waals surface area contributed by atoms with Gasteiger partial charge in [-0.15, -0.1) is 11.3 Å². The second-order valence-electron chi connectivity index (χ2n) is 5.31. The van der Waals surface area contributed by atoms with Gasteiger partial charge in [0.15, 0.2) is 0 Å². The van der Waals surface area contributed by atoms with Gasteiger partial charge in [0.05, 0.1) is 23.3 Å². The zero-order valence-corrected chi connectivity index (χ0v) is 14.2. The molecule has 1 N–H and O–H groups in total. The van der Waals surface area contributed by atoms with Crippen LogP contribution < -0.4 is 5.32 Å². The first kappa shape index (κ1) is 15.9. The zero-order valence-electron chi connectivity index (χ0n) is 12.6. The Bertz CT molecular complexity index is 800. The lowest BCUT2D eigenvalue weighted by atomic mass is 10.3. The molecular formula is C17H16ClN3OS. The summed E-state index contributed by atoms with van der Waals surface area (Å²) in [6.07, 6.45) is 0. The average Bonchev–Trinajstić information content (AvgIpc) is 2.88. The Morgan fingerprint density at radius 3 is 2.87 bits per heavy atom. The monoisotopic (exact) mass is 345 g/mol. The SMILES string of the molecule is CN(CC(=O)Nc1cccc(Cl)c1)Cc1nc2ccccc2s1. The van der Waals surface area contributed by atoms with E-state index in [4.69, 9.17) is 11.6 Å². The van der Waals surface area contributed by atoms with Crippen LogP contribution in [0.4, 0.5) is 5.69 Å². The fourth-order valence-electron chi connectivity index (χ4n) is 2.29. The van der Waals surface area contributed by atoms with Crippen molar-refractivity contribution in [3.8, 4) is 0 Å². The van der Waals surface area contributed by atoms with Gasteiger partial charge in [0.25, 0.3) is 0 Å². The highest BCUT2D eigenvalue weighted by Crippen LogP contribution is 2.22. The molecule has 1 heterocycles. The average molecular weight is 346 g/mol. The van der Waals surface area contributed by atoms with E-state index in [0.717, 1.165) is 10.5 Å². The third-order valence-corrected chi connectivity index (χ3v) is 4.52. The number of aromatic nitrogens is 1. The molecular weight excluding hydrogens is 330 g/mol. The van der Waals surface area contributed by atoms with Crippen molar-refractivity contribution in [3.63, 3.8) is 0 Å². The fraction of sp³-hybridized carbons (Fsp3) is 0.176. The standard InChI is InChI=1S/C17H16ClN3OS/c1-21(10-16(22)19-13-6-4-5-12(18)9-13)11-17-20-14-7-2-3-8-15(14)23-17/h2-9H,10-11H2,1H3,(H,19,22). The van der Waals surface area contributed by atoms with E-state index in [-0.39, 0.29) is 5.91 Å². The van der Waals surface area contributed by atoms with Crippen molar-refractivity contribution in [2.24, 2.45) is 0 Å². The number of para-hydroxylation sites is 1. The maximum Gasteiger partial charge on any atom is 0.238 e. The summed E-state index contributed by atoms with van der Waals surface area (Å²) in [4.78, 5) is 18.6. The van der Waals surface area contributed by atoms with Gasteiger partial charge in [-0.25, -0.2) is 4.98 Å². The van der Waals surface area contributed by atoms with Gasteiger partial charge in [0.1, 0.15) is 5.01 Å². The van der Waals surface area contributed by atoms with Gasteiger partial charge >= 0.3 is 0 Å². The van der Waals surface area contributed by atoms with Gasteiger partial charge in [0.2, 0.25) is 5.91 Å². The third kappa shape index (κ3) is 4.28. The number of fused-ring (bicyclic) bond motifs is 1. The van der Waals surface area contributed by atoms with Crippen molar-refractivity contribution < 1.29 is 4.79 Å². The highest BCUT2D eigenvalue weighted by molar-refractivity contribution is 7.18. The second-order valence-corrected chi connectivity index (χ2v) is 6.86. The van der Waals surface area contributed by atoms with Gasteiger partial charge in [0, 0.05) is 10.7 Å². The van der Waals surface area contributed by atoms with Crippen molar-refractivity contribution >= 4 is 44.7 Å². The first-order valence-corrected chi connectivity index (χ1v) is 8.38. The van der Waals surface area contributed by atoms with E-state index < -0.39 is 0 Å². The first-order chi connectivity index (χ1) is 11.1. The molecule has 23 heavy (non-hydrogen) atoms. The minimum absolute atomic E-state index is 0.0733. The van der Waals surface area contributed by atoms with Gasteiger partial charge in [-0.2, -0.15) is 0 Å². The Balaban J connectivity index is 1.58. The normalized spacial score (nSPS) is 11.1. The van der Waals surface area contributed by atoms with E-state index in [0.29, 0.717) is 23.8 Å². The molecule has 0 aliphatic rings. The molecule has 1 aromatic heterocycles. The van der Waals surface area contributed by atoms with Crippen LogP contribution in [0, 0.1) is 0 Å². The van der Waals surface area contributed by atoms with Gasteiger partial charge in [-0.05, 0) is 37.4 Å². The Kier molecular flexibility index (Phi) is 4.91. The number of carbonyl (C=O) groups excluding carboxylic acids is 1. The lowest BCUT2D eigenvalue weighted by Gasteiger charge is -2.14. The number of likely N-dealkylation sites (N-methyl/N-ethyl adjacent to an activating group) is 1. The summed E-state index contributed by atoms with van der Waals surface area (Å²) >= 11 is 7.57. The molecule has 0 fully saturated rings. The molecule has 0 saturated carbocycles. The van der Waals surface area contributed by atoms with Crippen molar-refractivity contribution in [2.45, 2.75) is 6.54 Å². The molecule has 0 unspecified atom stereocenters. The summed E-state index contributed by atoms with van der Waals surface area (Å²) in [5.74, 6) is -0.0733. The largest absolute Gasteiger partial charge is 0.325 e. The highest BCUT2D eigenvalue weighted by atomic mass is 35.5. The van der Waals surface area contributed by atoms with Gasteiger partial charge < -0.3 is 5.32 Å². The molecule has 2 aromatic carbocycles. The number of hydrogen-bond acceptors (Lipinski definition) is 4. The third-order valence-electron chi connectivity index (χ3n) is 3.27. The lowest BCUT2D eigenvalue weighted by molar-refractivity contribution is -0.117. The molecule has 4 nitrogen and oxygen atoms in total. The molecule has 3 rings (SSSR count). The molecule has 6 heteroatoms. The fourth-order valence-corrected chi connectivity index (χ4v) is 3.52. The van der Waals surface area contributed by atoms with E-state index in [1.807, 2.05) is 42.3 Å². The van der Waals surface area contributed by atoms with Crippen LogP contribution >= 0.6 is 22.9 Å². The number of carbonyl (C=O) groups is 1. The molecule has 1 amide bonds. The Morgan fingerprint density at radius 1 is 1.26 bits per heavy atom. The van der Waals surface area contributed by atoms with E-state index in [2.05, 4.69) is 16.4 Å². The summed E-state index contributed by atoms with van der Waals surface area (Å²) in [5.41, 5.74) is 1.71. The number of hydrogen-bond donors (Lipinski definition) is 1. The smallest absolute Gasteiger partial charge is 0.238 e. The summed E-state index contributed by atoms with van der Waals surface area (Å²) in [5, 5.41) is 4.45. The molecule has 0 radical (unpaired) electrons. The van der Waals surface area contributed by atoms with Crippen LogP contribution in [0.5, 0.6) is 0 Å². The minimum Gasteiger partial charge on any atom is -0.325 e. The maximum absolute atomic E-state index is 12.1. The Hall–Kier alpha value is -1.95. The molecule has 0 bridgehead atoms. The minimum atomic E-state index is -0.0733. The van der Waals surface area contributed by atoms with Crippen molar-refractivity contribution in [1.82, 2.24) is 9.88 Å². The number of thiazole rings is 1. The summed E-state index contributed by atoms with van der Waals surface area (Å²) in [6.45, 7) is 0.935. The van der Waals surface area contributed by atoms with Crippen LogP contribution in [0.3, 0.4) is 0 Å². The molecule has 0 saturated heterocycles. The lowest BCUT2D eigenvalue weighted by Crippen LogP contribution is -2.29. The van der Waals surface area contributed by atoms with E-state index in [1.54, 1.807) is 23.5 Å². The number of halogens is 1. The van der Waals surface area contributed by atoms with Crippen LogP contribution in [0.25, 0.3) is 10.2 Å². The Morgan fingerprint density at radius 2 is 2.09 bits per heavy atom. The first-order valence-electron chi connectivity index (χ1n) is 7.18. The van der Waals surface area contributed by atoms with Crippen molar-refractivity contribution in [3.05, 3.63) is 58.6 Å². The predicted molar refractivity (Wildman–Crippen MR) is 96.0 cm³/mol. The molecule has 0 aliphatic carbocycles. The highest BCUT2D eigenvalue weighted by Gasteiger charge is 2.10. The number of nitrogens with zero attached hydrogens (tertiary/aromatic N) is 2. The van der Waals surface area contributed by atoms with Gasteiger partial charge in [-0.1, -0.05) is 29.8 Å². The topological polar surface area (TPSA) is 45.2 Å². The Labute approximate surface area is 143 Å². The summed E-state index contributed by atoms with van der Waals surface area (Å²) in [7, 11) is 1.91. The maximum atomic E-state index is 12.1. The number of amides is 1. The number of rotatable bonds is 5.